The first-order valence-corrected chi connectivity index (χ1v) is 9.35. The third-order valence-electron chi connectivity index (χ3n) is 4.03. The number of benzene rings is 1. The first kappa shape index (κ1) is 22.6. The lowest BCUT2D eigenvalue weighted by Crippen LogP contribution is -2.08. The number of fused-ring (bicyclic) bond motifs is 1. The Morgan fingerprint density at radius 1 is 1.17 bits per heavy atom. The van der Waals surface area contributed by atoms with Crippen LogP contribution in [0.15, 0.2) is 18.2 Å². The molecule has 0 radical (unpaired) electrons. The Kier molecular flexibility index (Phi) is 11.4. The highest BCUT2D eigenvalue weighted by atomic mass is 16.4. The van der Waals surface area contributed by atoms with Gasteiger partial charge in [-0.15, -0.1) is 0 Å². The fourth-order valence-electron chi connectivity index (χ4n) is 2.82. The number of carbonyl (C=O) groups is 1. The van der Waals surface area contributed by atoms with Crippen molar-refractivity contribution < 1.29 is 9.90 Å². The molecule has 1 aliphatic rings. The molecular weight excluding hydrogens is 298 g/mol. The molecule has 0 heterocycles. The second kappa shape index (κ2) is 12.1. The lowest BCUT2D eigenvalue weighted by molar-refractivity contribution is -0.137. The molecule has 0 amide bonds. The predicted molar refractivity (Wildman–Crippen MR) is 103 cm³/mol. The molecule has 3 N–H and O–H groups in total. The molecular formula is C21H37NO2. The summed E-state index contributed by atoms with van der Waals surface area (Å²) in [6.45, 7) is 11.1. The van der Waals surface area contributed by atoms with Crippen molar-refractivity contribution in [3.05, 3.63) is 34.9 Å². The number of aliphatic carboxylic acids is 1. The zero-order valence-corrected chi connectivity index (χ0v) is 16.3. The van der Waals surface area contributed by atoms with Crippen molar-refractivity contribution in [2.45, 2.75) is 86.1 Å². The minimum Gasteiger partial charge on any atom is -0.481 e. The van der Waals surface area contributed by atoms with Gasteiger partial charge < -0.3 is 10.8 Å². The number of aryl methyl sites for hydroxylation is 1. The molecule has 3 heteroatoms. The highest BCUT2D eigenvalue weighted by Gasteiger charge is 2.11. The molecule has 3 nitrogen and oxygen atoms in total. The Morgan fingerprint density at radius 2 is 1.79 bits per heavy atom. The molecule has 0 spiro atoms. The van der Waals surface area contributed by atoms with E-state index < -0.39 is 5.97 Å². The maximum absolute atomic E-state index is 10.1. The molecule has 0 bridgehead atoms. The Hall–Kier alpha value is -1.35. The molecule has 1 aromatic carbocycles. The maximum atomic E-state index is 10.1. The molecule has 0 fully saturated rings. The monoisotopic (exact) mass is 335 g/mol. The highest BCUT2D eigenvalue weighted by molar-refractivity contribution is 5.66. The molecule has 2 rings (SSSR count). The van der Waals surface area contributed by atoms with Gasteiger partial charge in [0.25, 0.3) is 0 Å². The minimum absolute atomic E-state index is 0.273. The summed E-state index contributed by atoms with van der Waals surface area (Å²) < 4.78 is 0. The van der Waals surface area contributed by atoms with Crippen LogP contribution in [-0.4, -0.2) is 11.1 Å². The number of rotatable bonds is 4. The van der Waals surface area contributed by atoms with Gasteiger partial charge in [-0.25, -0.2) is 0 Å². The fraction of sp³-hybridized carbons (Fsp3) is 0.667. The molecule has 1 aromatic rings. The van der Waals surface area contributed by atoms with E-state index in [2.05, 4.69) is 39.0 Å². The Labute approximate surface area is 148 Å². The summed E-state index contributed by atoms with van der Waals surface area (Å²) >= 11 is 0. The van der Waals surface area contributed by atoms with E-state index in [0.717, 1.165) is 12.8 Å². The number of hydrogen-bond donors (Lipinski definition) is 2. The van der Waals surface area contributed by atoms with Crippen molar-refractivity contribution in [1.82, 2.24) is 0 Å². The van der Waals surface area contributed by atoms with Crippen LogP contribution in [0.2, 0.25) is 0 Å². The Bertz CT molecular complexity index is 461. The molecule has 138 valence electrons. The quantitative estimate of drug-likeness (QED) is 0.781. The summed E-state index contributed by atoms with van der Waals surface area (Å²) in [5.74, 6) is -0.691. The van der Waals surface area contributed by atoms with Gasteiger partial charge in [-0.1, -0.05) is 52.8 Å². The van der Waals surface area contributed by atoms with Crippen LogP contribution in [0.3, 0.4) is 0 Å². The van der Waals surface area contributed by atoms with Crippen LogP contribution < -0.4 is 5.73 Å². The van der Waals surface area contributed by atoms with Gasteiger partial charge in [0.1, 0.15) is 0 Å². The van der Waals surface area contributed by atoms with E-state index in [1.165, 1.54) is 42.4 Å². The summed E-state index contributed by atoms with van der Waals surface area (Å²) in [7, 11) is 0. The van der Waals surface area contributed by atoms with Gasteiger partial charge >= 0.3 is 5.97 Å². The molecule has 0 unspecified atom stereocenters. The first-order valence-electron chi connectivity index (χ1n) is 9.35. The van der Waals surface area contributed by atoms with Crippen molar-refractivity contribution in [3.63, 3.8) is 0 Å². The second-order valence-electron chi connectivity index (χ2n) is 7.27. The average molecular weight is 336 g/mol. The van der Waals surface area contributed by atoms with E-state index in [0.29, 0.717) is 13.0 Å². The zero-order chi connectivity index (χ0) is 18.6. The lowest BCUT2D eigenvalue weighted by Gasteiger charge is -2.18. The molecule has 1 aliphatic carbocycles. The number of carboxylic acids is 1. The van der Waals surface area contributed by atoms with Crippen molar-refractivity contribution >= 4 is 5.97 Å². The van der Waals surface area contributed by atoms with Gasteiger partial charge in [0.2, 0.25) is 0 Å². The van der Waals surface area contributed by atoms with Gasteiger partial charge in [-0.2, -0.15) is 0 Å². The van der Waals surface area contributed by atoms with Crippen LogP contribution >= 0.6 is 0 Å². The molecule has 0 aliphatic heterocycles. The third kappa shape index (κ3) is 9.71. The van der Waals surface area contributed by atoms with E-state index in [1.54, 1.807) is 0 Å². The van der Waals surface area contributed by atoms with Crippen LogP contribution in [0, 0.1) is 5.41 Å². The van der Waals surface area contributed by atoms with Crippen molar-refractivity contribution in [2.75, 3.05) is 0 Å². The normalized spacial score (nSPS) is 12.9. The van der Waals surface area contributed by atoms with Crippen LogP contribution in [0.1, 0.15) is 83.4 Å². The van der Waals surface area contributed by atoms with Crippen LogP contribution in [-0.2, 0) is 24.2 Å². The maximum Gasteiger partial charge on any atom is 0.303 e. The first-order chi connectivity index (χ1) is 11.3. The number of hydrogen-bond acceptors (Lipinski definition) is 2. The van der Waals surface area contributed by atoms with E-state index in [4.69, 9.17) is 10.8 Å². The summed E-state index contributed by atoms with van der Waals surface area (Å²) in [5, 5.41) is 8.31. The topological polar surface area (TPSA) is 63.3 Å². The van der Waals surface area contributed by atoms with Gasteiger partial charge in [0.05, 0.1) is 0 Å². The van der Waals surface area contributed by atoms with Gasteiger partial charge in [0, 0.05) is 13.0 Å². The molecule has 0 saturated carbocycles. The van der Waals surface area contributed by atoms with Crippen molar-refractivity contribution in [1.29, 1.82) is 0 Å². The SMILES string of the molecule is CC.CC(C)(C)CCCC(=O)O.NCc1cccc2c1CCCC2. The van der Waals surface area contributed by atoms with Crippen LogP contribution in [0.5, 0.6) is 0 Å². The van der Waals surface area contributed by atoms with Gasteiger partial charge in [-0.05, 0) is 60.6 Å². The standard InChI is InChI=1S/C11H15N.C8H16O2.C2H6/c12-8-10-6-3-5-9-4-1-2-7-11(9)10;1-8(2,3)6-4-5-7(9)10;1-2/h3,5-6H,1-2,4,7-8,12H2;4-6H2,1-3H3,(H,9,10);1-2H3. The molecule has 0 atom stereocenters. The summed E-state index contributed by atoms with van der Waals surface area (Å²) in [6, 6.07) is 6.53. The van der Waals surface area contributed by atoms with Crippen LogP contribution in [0.4, 0.5) is 0 Å². The molecule has 0 aromatic heterocycles. The largest absolute Gasteiger partial charge is 0.481 e. The average Bonchev–Trinajstić information content (AvgIpc) is 2.55. The molecule has 0 saturated heterocycles. The number of carboxylic acid groups (broad SMARTS) is 1. The minimum atomic E-state index is -0.691. The van der Waals surface area contributed by atoms with E-state index >= 15 is 0 Å². The Balaban J connectivity index is 0.000000407. The zero-order valence-electron chi connectivity index (χ0n) is 16.3. The summed E-state index contributed by atoms with van der Waals surface area (Å²) in [4.78, 5) is 10.1. The van der Waals surface area contributed by atoms with E-state index in [1.807, 2.05) is 13.8 Å². The van der Waals surface area contributed by atoms with Gasteiger partial charge in [-0.3, -0.25) is 4.79 Å². The number of nitrogens with two attached hydrogens (primary N) is 1. The lowest BCUT2D eigenvalue weighted by atomic mass is 9.88. The second-order valence-corrected chi connectivity index (χ2v) is 7.27. The molecule has 24 heavy (non-hydrogen) atoms. The summed E-state index contributed by atoms with van der Waals surface area (Å²) in [5.41, 5.74) is 10.4. The third-order valence-corrected chi connectivity index (χ3v) is 4.03. The Morgan fingerprint density at radius 3 is 2.33 bits per heavy atom. The fourth-order valence-corrected chi connectivity index (χ4v) is 2.82. The summed E-state index contributed by atoms with van der Waals surface area (Å²) in [6.07, 6.45) is 7.26. The van der Waals surface area contributed by atoms with Gasteiger partial charge in [0.15, 0.2) is 0 Å². The van der Waals surface area contributed by atoms with Crippen molar-refractivity contribution in [3.8, 4) is 0 Å². The van der Waals surface area contributed by atoms with Crippen LogP contribution in [0.25, 0.3) is 0 Å². The predicted octanol–water partition coefficient (Wildman–Crippen LogP) is 5.34. The van der Waals surface area contributed by atoms with Crippen molar-refractivity contribution in [2.24, 2.45) is 11.1 Å². The smallest absolute Gasteiger partial charge is 0.303 e. The van der Waals surface area contributed by atoms with E-state index in [-0.39, 0.29) is 5.41 Å². The highest BCUT2D eigenvalue weighted by Crippen LogP contribution is 2.24. The van der Waals surface area contributed by atoms with E-state index in [9.17, 15) is 4.79 Å².